The van der Waals surface area contributed by atoms with Gasteiger partial charge in [-0.05, 0) is 44.9 Å². The van der Waals surface area contributed by atoms with Crippen LogP contribution < -0.4 is 24.9 Å². The summed E-state index contributed by atoms with van der Waals surface area (Å²) in [5, 5.41) is 5.10. The summed E-state index contributed by atoms with van der Waals surface area (Å²) in [7, 11) is -3.38. The van der Waals surface area contributed by atoms with E-state index in [1.54, 1.807) is 0 Å². The Hall–Kier alpha value is -5.55. The predicted octanol–water partition coefficient (Wildman–Crippen LogP) is 7.96. The SMILES string of the molecule is [2H]C([2H])([2H])[n+]1[c-]n([Si](c2[c-]c(Oc3[c-]c4c(cc3)c3ccccc3n4-c3cc(C(C)(C)C)ccn3)ccc2)(c2ccccc2)c2ccccc2)c2ccccc21.[Pt]. The second-order valence-corrected chi connectivity index (χ2v) is 17.9. The van der Waals surface area contributed by atoms with Crippen LogP contribution in [0.3, 0.4) is 0 Å². The minimum atomic E-state index is -3.38. The molecular weight excluding hydrogens is 860 g/mol. The number of pyridine rings is 1. The fourth-order valence-electron chi connectivity index (χ4n) is 7.54. The summed E-state index contributed by atoms with van der Waals surface area (Å²) in [6.45, 7) is 4.16. The molecule has 0 aliphatic rings. The predicted molar refractivity (Wildman–Crippen MR) is 216 cm³/mol. The van der Waals surface area contributed by atoms with Gasteiger partial charge in [-0.15, -0.1) is 34.8 Å². The van der Waals surface area contributed by atoms with Crippen LogP contribution in [-0.2, 0) is 33.5 Å². The van der Waals surface area contributed by atoms with Crippen molar-refractivity contribution in [3.63, 3.8) is 0 Å². The minimum absolute atomic E-state index is 0. The van der Waals surface area contributed by atoms with Gasteiger partial charge in [0.1, 0.15) is 5.82 Å². The van der Waals surface area contributed by atoms with Crippen LogP contribution in [0.4, 0.5) is 0 Å². The second kappa shape index (κ2) is 14.0. The molecule has 9 aromatic rings. The van der Waals surface area contributed by atoms with Crippen LogP contribution in [0.25, 0.3) is 38.7 Å². The Balaban J connectivity index is 0.00000455. The molecule has 3 aromatic heterocycles. The first-order valence-corrected chi connectivity index (χ1v) is 19.7. The number of ether oxygens (including phenoxy) is 1. The maximum atomic E-state index is 8.48. The van der Waals surface area contributed by atoms with Crippen molar-refractivity contribution < 1.29 is 34.5 Å². The van der Waals surface area contributed by atoms with Crippen LogP contribution in [0.15, 0.2) is 158 Å². The Kier molecular flexibility index (Phi) is 8.29. The van der Waals surface area contributed by atoms with Gasteiger partial charge in [-0.2, -0.15) is 18.2 Å². The van der Waals surface area contributed by atoms with Crippen molar-refractivity contribution >= 4 is 56.6 Å². The quantitative estimate of drug-likeness (QED) is 0.0706. The van der Waals surface area contributed by atoms with Crippen LogP contribution >= 0.6 is 0 Å². The average Bonchev–Trinajstić information content (AvgIpc) is 3.76. The number of benzene rings is 6. The molecule has 0 amide bonds. The van der Waals surface area contributed by atoms with E-state index in [0.29, 0.717) is 17.0 Å². The van der Waals surface area contributed by atoms with Gasteiger partial charge in [-0.1, -0.05) is 129 Å². The zero-order valence-electron chi connectivity index (χ0n) is 33.0. The van der Waals surface area contributed by atoms with Crippen molar-refractivity contribution in [1.29, 1.82) is 0 Å². The molecule has 0 saturated carbocycles. The first-order valence-electron chi connectivity index (χ1n) is 19.2. The van der Waals surface area contributed by atoms with E-state index < -0.39 is 15.2 Å². The Morgan fingerprint density at radius 1 is 0.685 bits per heavy atom. The van der Waals surface area contributed by atoms with E-state index in [1.165, 1.54) is 10.1 Å². The number of hydrogen-bond acceptors (Lipinski definition) is 2. The molecule has 0 saturated heterocycles. The summed E-state index contributed by atoms with van der Waals surface area (Å²) in [6, 6.07) is 58.0. The van der Waals surface area contributed by atoms with Crippen molar-refractivity contribution in [1.82, 2.24) is 13.8 Å². The number of aromatic nitrogens is 4. The Morgan fingerprint density at radius 2 is 1.35 bits per heavy atom. The average molecular weight is 901 g/mol. The summed E-state index contributed by atoms with van der Waals surface area (Å²) in [5.74, 6) is 1.86. The van der Waals surface area contributed by atoms with Gasteiger partial charge in [-0.25, -0.2) is 4.98 Å². The molecule has 3 heterocycles. The molecule has 0 bridgehead atoms. The normalized spacial score (nSPS) is 13.0. The van der Waals surface area contributed by atoms with Crippen LogP contribution in [0.5, 0.6) is 11.5 Å². The third kappa shape index (κ3) is 5.91. The molecule has 54 heavy (non-hydrogen) atoms. The van der Waals surface area contributed by atoms with Crippen LogP contribution in [0.2, 0.25) is 0 Å². The van der Waals surface area contributed by atoms with E-state index in [2.05, 4.69) is 115 Å². The fraction of sp³-hybridized carbons (Fsp3) is 0.106. The second-order valence-electron chi connectivity index (χ2n) is 14.3. The summed E-state index contributed by atoms with van der Waals surface area (Å²) >= 11 is 0. The summed E-state index contributed by atoms with van der Waals surface area (Å²) < 4.78 is 37.6. The molecule has 0 N–H and O–H groups in total. The van der Waals surface area contributed by atoms with Crippen molar-refractivity contribution in [2.45, 2.75) is 26.2 Å². The monoisotopic (exact) mass is 900 g/mol. The molecule has 0 aliphatic heterocycles. The molecule has 0 unspecified atom stereocenters. The molecule has 268 valence electrons. The zero-order chi connectivity index (χ0) is 38.7. The zero-order valence-corrected chi connectivity index (χ0v) is 33.3. The van der Waals surface area contributed by atoms with Crippen molar-refractivity contribution in [3.8, 4) is 17.3 Å². The van der Waals surface area contributed by atoms with Gasteiger partial charge in [0.25, 0.3) is 0 Å². The number of fused-ring (bicyclic) bond motifs is 4. The van der Waals surface area contributed by atoms with E-state index in [1.807, 2.05) is 91.1 Å². The molecule has 9 rings (SSSR count). The van der Waals surface area contributed by atoms with Gasteiger partial charge in [0.05, 0.1) is 11.1 Å². The van der Waals surface area contributed by atoms with Gasteiger partial charge in [0, 0.05) is 55.3 Å². The number of nitrogens with zero attached hydrogens (tertiary/aromatic N) is 4. The Labute approximate surface area is 335 Å². The van der Waals surface area contributed by atoms with Gasteiger partial charge in [-0.3, -0.25) is 0 Å². The van der Waals surface area contributed by atoms with E-state index in [9.17, 15) is 0 Å². The van der Waals surface area contributed by atoms with E-state index in [-0.39, 0.29) is 26.5 Å². The Morgan fingerprint density at radius 3 is 2.07 bits per heavy atom. The summed E-state index contributed by atoms with van der Waals surface area (Å²) in [6.07, 6.45) is 5.23. The maximum Gasteiger partial charge on any atom is 0.314 e. The first-order chi connectivity index (χ1) is 27.0. The molecule has 5 nitrogen and oxygen atoms in total. The smallest absolute Gasteiger partial charge is 0.314 e. The van der Waals surface area contributed by atoms with Gasteiger partial charge >= 0.3 is 8.24 Å². The van der Waals surface area contributed by atoms with Crippen LogP contribution in [0, 0.1) is 18.5 Å². The molecule has 0 spiro atoms. The van der Waals surface area contributed by atoms with Crippen molar-refractivity contribution in [3.05, 3.63) is 182 Å². The molecule has 0 fully saturated rings. The number of para-hydroxylation sites is 3. The maximum absolute atomic E-state index is 8.48. The molecule has 0 radical (unpaired) electrons. The van der Waals surface area contributed by atoms with Gasteiger partial charge < -0.3 is 18.1 Å². The minimum Gasteiger partial charge on any atom is -0.509 e. The molecular formula is C47H38N4OPtSi-2. The topological polar surface area (TPSA) is 35.9 Å². The summed E-state index contributed by atoms with van der Waals surface area (Å²) in [5.41, 5.74) is 4.37. The van der Waals surface area contributed by atoms with Crippen molar-refractivity contribution in [2.75, 3.05) is 0 Å². The van der Waals surface area contributed by atoms with Crippen LogP contribution in [-0.4, -0.2) is 22.0 Å². The number of imidazole rings is 1. The van der Waals surface area contributed by atoms with E-state index in [0.717, 1.165) is 48.7 Å². The third-order valence-electron chi connectivity index (χ3n) is 10.1. The van der Waals surface area contributed by atoms with E-state index in [4.69, 9.17) is 13.8 Å². The van der Waals surface area contributed by atoms with Crippen LogP contribution in [0.1, 0.15) is 30.4 Å². The molecule has 0 aliphatic carbocycles. The number of hydrogen-bond donors (Lipinski definition) is 0. The molecule has 0 atom stereocenters. The first kappa shape index (κ1) is 31.9. The third-order valence-corrected chi connectivity index (χ3v) is 14.5. The molecule has 7 heteroatoms. The molecule has 6 aromatic carbocycles. The van der Waals surface area contributed by atoms with Gasteiger partial charge in [0.2, 0.25) is 0 Å². The fourth-order valence-corrected chi connectivity index (χ4v) is 12.0. The van der Waals surface area contributed by atoms with Crippen molar-refractivity contribution in [2.24, 2.45) is 6.98 Å². The standard InChI is InChI=1S/C47H38N4OSi.Pt/c1-47(2,3)34-28-29-48-46(30-34)51-42-23-12-11-22-40(42)41-27-26-36(32-45(41)51)52-35-16-15-21-39(31-35)53(37-17-7-5-8-18-37,38-19-9-6-10-20-38)50-33-49(4)43-24-13-14-25-44(43)50;/h5-30H,1-4H3;/q-2;/i4D3;. The number of aryl methyl sites for hydroxylation is 1. The summed E-state index contributed by atoms with van der Waals surface area (Å²) in [4.78, 5) is 4.83. The van der Waals surface area contributed by atoms with E-state index >= 15 is 0 Å². The largest absolute Gasteiger partial charge is 0.509 e. The number of rotatable bonds is 7. The Bertz CT molecular complexity index is 2840. The van der Waals surface area contributed by atoms with Gasteiger partial charge in [0.15, 0.2) is 6.33 Å².